The van der Waals surface area contributed by atoms with E-state index in [0.717, 1.165) is 16.3 Å². The number of nitrogens with zero attached hydrogens (tertiary/aromatic N) is 3. The zero-order valence-electron chi connectivity index (χ0n) is 12.9. The van der Waals surface area contributed by atoms with Gasteiger partial charge in [0, 0.05) is 31.7 Å². The highest BCUT2D eigenvalue weighted by atomic mass is 19.4. The van der Waals surface area contributed by atoms with Crippen LogP contribution in [0.15, 0.2) is 36.7 Å². The van der Waals surface area contributed by atoms with Crippen LogP contribution in [-0.4, -0.2) is 33.3 Å². The van der Waals surface area contributed by atoms with Crippen LogP contribution in [0.2, 0.25) is 0 Å². The molecule has 8 heteroatoms. The molecule has 1 aromatic heterocycles. The second-order valence-electron chi connectivity index (χ2n) is 5.82. The van der Waals surface area contributed by atoms with E-state index in [1.165, 1.54) is 18.1 Å². The Kier molecular flexibility index (Phi) is 3.87. The molecule has 1 aliphatic rings. The number of amides is 1. The monoisotopic (exact) mass is 339 g/mol. The molecule has 0 unspecified atom stereocenters. The fourth-order valence-electron chi connectivity index (χ4n) is 2.98. The minimum Gasteiger partial charge on any atom is -0.374 e. The Balaban J connectivity index is 1.92. The van der Waals surface area contributed by atoms with E-state index in [1.807, 2.05) is 12.1 Å². The maximum absolute atomic E-state index is 13.5. The largest absolute Gasteiger partial charge is 0.425 e. The molecule has 2 heterocycles. The lowest BCUT2D eigenvalue weighted by atomic mass is 9.96. The van der Waals surface area contributed by atoms with Gasteiger partial charge in [0.25, 0.3) is 0 Å². The molecule has 0 radical (unpaired) electrons. The van der Waals surface area contributed by atoms with Crippen LogP contribution < -0.4 is 4.90 Å². The van der Waals surface area contributed by atoms with Gasteiger partial charge in [-0.05, 0) is 18.1 Å². The van der Waals surface area contributed by atoms with Crippen molar-refractivity contribution in [1.82, 2.24) is 9.55 Å². The van der Waals surface area contributed by atoms with E-state index < -0.39 is 29.9 Å². The Hall–Kier alpha value is -2.35. The third kappa shape index (κ3) is 2.56. The van der Waals surface area contributed by atoms with Crippen LogP contribution in [0.25, 0.3) is 0 Å². The van der Waals surface area contributed by atoms with Crippen LogP contribution in [0, 0.1) is 0 Å². The number of rotatable bonds is 3. The predicted octanol–water partition coefficient (Wildman–Crippen LogP) is 2.15. The van der Waals surface area contributed by atoms with E-state index in [1.54, 1.807) is 12.1 Å². The van der Waals surface area contributed by atoms with Gasteiger partial charge in [-0.15, -0.1) is 0 Å². The molecular formula is C16H16F3N3O2. The highest BCUT2D eigenvalue weighted by Gasteiger charge is 2.59. The Morgan fingerprint density at radius 3 is 2.67 bits per heavy atom. The number of aromatic nitrogens is 2. The quantitative estimate of drug-likeness (QED) is 0.932. The average Bonchev–Trinajstić information content (AvgIpc) is 3.12. The summed E-state index contributed by atoms with van der Waals surface area (Å²) >= 11 is 0. The summed E-state index contributed by atoms with van der Waals surface area (Å²) in [4.78, 5) is 17.4. The minimum absolute atomic E-state index is 0.298. The lowest BCUT2D eigenvalue weighted by Gasteiger charge is -2.31. The van der Waals surface area contributed by atoms with E-state index in [9.17, 15) is 23.1 Å². The first-order valence-electron chi connectivity index (χ1n) is 7.39. The number of benzene rings is 1. The molecule has 0 spiro atoms. The van der Waals surface area contributed by atoms with Crippen LogP contribution >= 0.6 is 0 Å². The van der Waals surface area contributed by atoms with Gasteiger partial charge in [-0.2, -0.15) is 13.2 Å². The average molecular weight is 339 g/mol. The van der Waals surface area contributed by atoms with Crippen molar-refractivity contribution in [3.63, 3.8) is 0 Å². The molecule has 0 aliphatic carbocycles. The van der Waals surface area contributed by atoms with Crippen molar-refractivity contribution in [3.8, 4) is 0 Å². The van der Waals surface area contributed by atoms with Gasteiger partial charge in [-0.3, -0.25) is 4.79 Å². The molecular weight excluding hydrogens is 323 g/mol. The molecule has 5 nitrogen and oxygen atoms in total. The number of alkyl halides is 3. The topological polar surface area (TPSA) is 58.4 Å². The zero-order valence-corrected chi connectivity index (χ0v) is 12.9. The van der Waals surface area contributed by atoms with Crippen molar-refractivity contribution < 1.29 is 23.1 Å². The van der Waals surface area contributed by atoms with E-state index in [2.05, 4.69) is 4.98 Å². The number of carbonyl (C=O) groups excluding carboxylic acids is 1. The van der Waals surface area contributed by atoms with Gasteiger partial charge in [-0.25, -0.2) is 4.98 Å². The third-order valence-electron chi connectivity index (χ3n) is 4.26. The van der Waals surface area contributed by atoms with Crippen molar-refractivity contribution in [2.75, 3.05) is 11.4 Å². The Labute approximate surface area is 136 Å². The molecule has 1 atom stereocenters. The minimum atomic E-state index is -5.03. The first kappa shape index (κ1) is 16.5. The van der Waals surface area contributed by atoms with Crippen LogP contribution in [0.1, 0.15) is 17.8 Å². The first-order valence-corrected chi connectivity index (χ1v) is 7.39. The third-order valence-corrected chi connectivity index (χ3v) is 4.26. The van der Waals surface area contributed by atoms with Gasteiger partial charge in [0.2, 0.25) is 11.5 Å². The molecule has 1 N–H and O–H groups in total. The fraction of sp³-hybridized carbons (Fsp3) is 0.375. The molecule has 0 fully saturated rings. The summed E-state index contributed by atoms with van der Waals surface area (Å²) in [5.41, 5.74) is -1.84. The summed E-state index contributed by atoms with van der Waals surface area (Å²) in [7, 11) is 1.34. The number of aryl methyl sites for hydroxylation is 1. The van der Waals surface area contributed by atoms with Crippen molar-refractivity contribution in [2.24, 2.45) is 7.05 Å². The highest BCUT2D eigenvalue weighted by Crippen LogP contribution is 2.42. The number of fused-ring (bicyclic) bond motifs is 1. The predicted molar refractivity (Wildman–Crippen MR) is 80.3 cm³/mol. The maximum Gasteiger partial charge on any atom is 0.425 e. The molecule has 1 amide bonds. The van der Waals surface area contributed by atoms with E-state index >= 15 is 0 Å². The SMILES string of the molecule is Cn1ccnc1[C@@](O)(CC(=O)N1CCc2ccccc21)C(F)(F)F. The van der Waals surface area contributed by atoms with Gasteiger partial charge in [0.05, 0.1) is 6.42 Å². The van der Waals surface area contributed by atoms with Crippen molar-refractivity contribution in [3.05, 3.63) is 48.0 Å². The van der Waals surface area contributed by atoms with Crippen LogP contribution in [0.5, 0.6) is 0 Å². The number of aliphatic hydroxyl groups is 1. The van der Waals surface area contributed by atoms with E-state index in [0.29, 0.717) is 18.7 Å². The van der Waals surface area contributed by atoms with Gasteiger partial charge >= 0.3 is 6.18 Å². The van der Waals surface area contributed by atoms with E-state index in [-0.39, 0.29) is 0 Å². The number of hydrogen-bond acceptors (Lipinski definition) is 3. The smallest absolute Gasteiger partial charge is 0.374 e. The molecule has 2 aromatic rings. The number of hydrogen-bond donors (Lipinski definition) is 1. The molecule has 0 saturated heterocycles. The Morgan fingerprint density at radius 1 is 1.33 bits per heavy atom. The Bertz CT molecular complexity index is 772. The summed E-state index contributed by atoms with van der Waals surface area (Å²) in [6, 6.07) is 7.05. The van der Waals surface area contributed by atoms with Gasteiger partial charge < -0.3 is 14.6 Å². The zero-order chi connectivity index (χ0) is 17.5. The number of para-hydroxylation sites is 1. The van der Waals surface area contributed by atoms with Crippen molar-refractivity contribution in [1.29, 1.82) is 0 Å². The fourth-order valence-corrected chi connectivity index (χ4v) is 2.98. The summed E-state index contributed by atoms with van der Waals surface area (Å²) in [5.74, 6) is -1.39. The first-order chi connectivity index (χ1) is 11.2. The summed E-state index contributed by atoms with van der Waals surface area (Å²) in [6.45, 7) is 0.298. The van der Waals surface area contributed by atoms with Crippen LogP contribution in [-0.2, 0) is 23.9 Å². The normalized spacial score (nSPS) is 16.8. The number of anilines is 1. The number of imidazole rings is 1. The number of halogens is 3. The summed E-state index contributed by atoms with van der Waals surface area (Å²) in [6.07, 6.45) is -3.12. The van der Waals surface area contributed by atoms with Crippen molar-refractivity contribution in [2.45, 2.75) is 24.6 Å². The number of carbonyl (C=O) groups is 1. The van der Waals surface area contributed by atoms with E-state index in [4.69, 9.17) is 0 Å². The molecule has 0 saturated carbocycles. The molecule has 24 heavy (non-hydrogen) atoms. The summed E-state index contributed by atoms with van der Waals surface area (Å²) in [5, 5.41) is 10.3. The molecule has 1 aromatic carbocycles. The van der Waals surface area contributed by atoms with Crippen LogP contribution in [0.3, 0.4) is 0 Å². The standard InChI is InChI=1S/C16H16F3N3O2/c1-21-9-7-20-14(21)15(24,16(17,18)19)10-13(23)22-8-6-11-4-2-3-5-12(11)22/h2-5,7,9,24H,6,8,10H2,1H3/t15-/m0/s1. The molecule has 1 aliphatic heterocycles. The highest BCUT2D eigenvalue weighted by molar-refractivity contribution is 5.96. The van der Waals surface area contributed by atoms with Gasteiger partial charge in [-0.1, -0.05) is 18.2 Å². The molecule has 3 rings (SSSR count). The maximum atomic E-state index is 13.5. The second-order valence-corrected chi connectivity index (χ2v) is 5.82. The molecule has 128 valence electrons. The Morgan fingerprint density at radius 2 is 2.04 bits per heavy atom. The van der Waals surface area contributed by atoms with Gasteiger partial charge in [0.15, 0.2) is 5.82 Å². The van der Waals surface area contributed by atoms with Crippen LogP contribution in [0.4, 0.5) is 18.9 Å². The van der Waals surface area contributed by atoms with Crippen molar-refractivity contribution >= 4 is 11.6 Å². The lowest BCUT2D eigenvalue weighted by Crippen LogP contribution is -2.48. The van der Waals surface area contributed by atoms with Gasteiger partial charge in [0.1, 0.15) is 0 Å². The summed E-state index contributed by atoms with van der Waals surface area (Å²) < 4.78 is 41.6. The molecule has 0 bridgehead atoms. The second kappa shape index (κ2) is 5.62. The lowest BCUT2D eigenvalue weighted by molar-refractivity contribution is -0.270.